The molecule has 2 heterocycles. The Kier molecular flexibility index (Phi) is 4.25. The van der Waals surface area contributed by atoms with Crippen LogP contribution in [-0.2, 0) is 12.2 Å². The Morgan fingerprint density at radius 1 is 1.22 bits per heavy atom. The summed E-state index contributed by atoms with van der Waals surface area (Å²) >= 11 is 3.14. The maximum atomic E-state index is 5.30. The molecule has 0 aliphatic heterocycles. The number of nitrogens with one attached hydrogen (secondary N) is 1. The summed E-state index contributed by atoms with van der Waals surface area (Å²) in [5.74, 6) is 1.94. The van der Waals surface area contributed by atoms with E-state index in [9.17, 15) is 0 Å². The molecule has 118 valence electrons. The molecule has 0 amide bonds. The molecule has 2 aromatic heterocycles. The predicted octanol–water partition coefficient (Wildman–Crippen LogP) is 3.38. The first-order chi connectivity index (χ1) is 11.3. The van der Waals surface area contributed by atoms with Crippen molar-refractivity contribution in [1.82, 2.24) is 20.3 Å². The van der Waals surface area contributed by atoms with E-state index in [1.807, 2.05) is 18.2 Å². The number of anilines is 1. The number of hydrogen-bond acceptors (Lipinski definition) is 8. The molecule has 1 aliphatic carbocycles. The highest BCUT2D eigenvalue weighted by molar-refractivity contribution is 8.00. The van der Waals surface area contributed by atoms with Crippen LogP contribution in [0.4, 0.5) is 5.13 Å². The van der Waals surface area contributed by atoms with E-state index in [4.69, 9.17) is 4.52 Å². The molecular weight excluding hydrogens is 330 g/mol. The lowest BCUT2D eigenvalue weighted by Crippen LogP contribution is -1.99. The monoisotopic (exact) mass is 345 g/mol. The summed E-state index contributed by atoms with van der Waals surface area (Å²) in [6, 6.07) is 10.7. The molecule has 1 aliphatic rings. The van der Waals surface area contributed by atoms with Crippen LogP contribution in [0.3, 0.4) is 0 Å². The molecule has 6 nitrogen and oxygen atoms in total. The fraction of sp³-hybridized carbons (Fsp3) is 0.333. The van der Waals surface area contributed by atoms with Gasteiger partial charge in [-0.15, -0.1) is 10.2 Å². The van der Waals surface area contributed by atoms with Crippen LogP contribution in [0.2, 0.25) is 0 Å². The minimum absolute atomic E-state index is 0.595. The topological polar surface area (TPSA) is 76.7 Å². The third-order valence-corrected chi connectivity index (χ3v) is 5.32. The molecule has 0 spiro atoms. The van der Waals surface area contributed by atoms with Gasteiger partial charge in [0.2, 0.25) is 11.0 Å². The third kappa shape index (κ3) is 4.08. The minimum Gasteiger partial charge on any atom is -0.357 e. The second-order valence-electron chi connectivity index (χ2n) is 5.35. The Hall–Kier alpha value is -1.93. The first kappa shape index (κ1) is 14.6. The van der Waals surface area contributed by atoms with Gasteiger partial charge in [0.15, 0.2) is 10.2 Å². The van der Waals surface area contributed by atoms with Crippen LogP contribution >= 0.6 is 23.1 Å². The highest BCUT2D eigenvalue weighted by atomic mass is 32.2. The molecule has 0 saturated heterocycles. The number of benzene rings is 1. The predicted molar refractivity (Wildman–Crippen MR) is 89.7 cm³/mol. The molecule has 8 heteroatoms. The Bertz CT molecular complexity index is 769. The second kappa shape index (κ2) is 6.67. The van der Waals surface area contributed by atoms with Gasteiger partial charge in [-0.3, -0.25) is 0 Å². The van der Waals surface area contributed by atoms with Gasteiger partial charge < -0.3 is 9.84 Å². The van der Waals surface area contributed by atoms with E-state index >= 15 is 0 Å². The molecule has 0 radical (unpaired) electrons. The first-order valence-electron chi connectivity index (χ1n) is 7.43. The van der Waals surface area contributed by atoms with E-state index in [0.717, 1.165) is 9.47 Å². The zero-order valence-electron chi connectivity index (χ0n) is 12.3. The van der Waals surface area contributed by atoms with Crippen LogP contribution in [0, 0.1) is 0 Å². The number of nitrogens with zero attached hydrogens (tertiary/aromatic N) is 4. The van der Waals surface area contributed by atoms with Crippen molar-refractivity contribution in [2.75, 3.05) is 5.32 Å². The van der Waals surface area contributed by atoms with Crippen molar-refractivity contribution >= 4 is 28.2 Å². The Morgan fingerprint density at radius 2 is 2.09 bits per heavy atom. The summed E-state index contributed by atoms with van der Waals surface area (Å²) in [6.45, 7) is 0. The van der Waals surface area contributed by atoms with Gasteiger partial charge in [-0.2, -0.15) is 4.98 Å². The van der Waals surface area contributed by atoms with Crippen molar-refractivity contribution in [3.05, 3.63) is 47.6 Å². The van der Waals surface area contributed by atoms with Crippen LogP contribution in [0.1, 0.15) is 30.1 Å². The maximum Gasteiger partial charge on any atom is 0.237 e. The van der Waals surface area contributed by atoms with Gasteiger partial charge in [-0.05, 0) is 18.4 Å². The quantitative estimate of drug-likeness (QED) is 0.658. The molecule has 0 atom stereocenters. The summed E-state index contributed by atoms with van der Waals surface area (Å²) in [5, 5.41) is 16.6. The van der Waals surface area contributed by atoms with Crippen molar-refractivity contribution in [3.8, 4) is 0 Å². The maximum absolute atomic E-state index is 5.30. The molecule has 3 aromatic rings. The highest BCUT2D eigenvalue weighted by Gasteiger charge is 2.22. The van der Waals surface area contributed by atoms with Crippen LogP contribution in [0.15, 0.2) is 39.2 Å². The molecular formula is C15H15N5OS2. The van der Waals surface area contributed by atoms with Gasteiger partial charge >= 0.3 is 0 Å². The van der Waals surface area contributed by atoms with Crippen molar-refractivity contribution < 1.29 is 4.52 Å². The smallest absolute Gasteiger partial charge is 0.237 e. The van der Waals surface area contributed by atoms with Gasteiger partial charge in [-0.25, -0.2) is 0 Å². The van der Waals surface area contributed by atoms with Gasteiger partial charge in [-0.1, -0.05) is 58.6 Å². The summed E-state index contributed by atoms with van der Waals surface area (Å²) in [7, 11) is 0. The molecule has 1 saturated carbocycles. The molecule has 0 bridgehead atoms. The summed E-state index contributed by atoms with van der Waals surface area (Å²) < 4.78 is 6.21. The number of aromatic nitrogens is 4. The first-order valence-corrected chi connectivity index (χ1v) is 9.23. The highest BCUT2D eigenvalue weighted by Crippen LogP contribution is 2.31. The van der Waals surface area contributed by atoms with E-state index in [1.54, 1.807) is 23.1 Å². The fourth-order valence-electron chi connectivity index (χ4n) is 2.05. The van der Waals surface area contributed by atoms with Crippen LogP contribution in [0.5, 0.6) is 0 Å². The average Bonchev–Trinajstić information content (AvgIpc) is 3.08. The van der Waals surface area contributed by atoms with Crippen LogP contribution in [0.25, 0.3) is 0 Å². The minimum atomic E-state index is 0.595. The fourth-order valence-corrected chi connectivity index (χ4v) is 3.72. The summed E-state index contributed by atoms with van der Waals surface area (Å²) in [5.41, 5.74) is 1.17. The summed E-state index contributed by atoms with van der Waals surface area (Å²) in [6.07, 6.45) is 3.14. The standard InChI is InChI=1S/C15H15N5OS2/c1-2-4-10(5-3-1)8-12-17-13(21-20-12)9-22-15-19-18-14(23-15)16-11-6-7-11/h1-5,11H,6-9H2,(H,16,18). The lowest BCUT2D eigenvalue weighted by atomic mass is 10.1. The largest absolute Gasteiger partial charge is 0.357 e. The van der Waals surface area contributed by atoms with Gasteiger partial charge in [0.1, 0.15) is 0 Å². The van der Waals surface area contributed by atoms with Crippen molar-refractivity contribution in [1.29, 1.82) is 0 Å². The molecule has 23 heavy (non-hydrogen) atoms. The second-order valence-corrected chi connectivity index (χ2v) is 7.55. The number of rotatable bonds is 7. The average molecular weight is 345 g/mol. The van der Waals surface area contributed by atoms with Crippen LogP contribution in [-0.4, -0.2) is 26.4 Å². The zero-order chi connectivity index (χ0) is 15.5. The van der Waals surface area contributed by atoms with E-state index in [1.165, 1.54) is 18.4 Å². The van der Waals surface area contributed by atoms with E-state index in [-0.39, 0.29) is 0 Å². The van der Waals surface area contributed by atoms with E-state index < -0.39 is 0 Å². The SMILES string of the molecule is c1ccc(Cc2noc(CSc3nnc(NC4CC4)s3)n2)cc1. The van der Waals surface area contributed by atoms with E-state index in [0.29, 0.717) is 29.9 Å². The number of hydrogen-bond donors (Lipinski definition) is 1. The molecule has 1 N–H and O–H groups in total. The van der Waals surface area contributed by atoms with Crippen LogP contribution < -0.4 is 5.32 Å². The zero-order valence-corrected chi connectivity index (χ0v) is 13.9. The van der Waals surface area contributed by atoms with Crippen molar-refractivity contribution in [2.24, 2.45) is 0 Å². The molecule has 1 fully saturated rings. The van der Waals surface area contributed by atoms with Gasteiger partial charge in [0, 0.05) is 12.5 Å². The van der Waals surface area contributed by atoms with E-state index in [2.05, 4.69) is 37.8 Å². The third-order valence-electron chi connectivity index (χ3n) is 3.35. The lowest BCUT2D eigenvalue weighted by Gasteiger charge is -1.94. The molecule has 1 aromatic carbocycles. The van der Waals surface area contributed by atoms with Crippen molar-refractivity contribution in [3.63, 3.8) is 0 Å². The Labute approximate surface area is 141 Å². The normalized spacial score (nSPS) is 14.1. The number of thioether (sulfide) groups is 1. The summed E-state index contributed by atoms with van der Waals surface area (Å²) in [4.78, 5) is 4.43. The van der Waals surface area contributed by atoms with Gasteiger partial charge in [0.05, 0.1) is 5.75 Å². The van der Waals surface area contributed by atoms with Crippen molar-refractivity contribution in [2.45, 2.75) is 35.4 Å². The lowest BCUT2D eigenvalue weighted by molar-refractivity contribution is 0.386. The molecule has 4 rings (SSSR count). The molecule has 0 unspecified atom stereocenters. The van der Waals surface area contributed by atoms with Gasteiger partial charge in [0.25, 0.3) is 0 Å². The Balaban J connectivity index is 1.31. The Morgan fingerprint density at radius 3 is 2.91 bits per heavy atom.